The Morgan fingerprint density at radius 2 is 1.57 bits per heavy atom. The Morgan fingerprint density at radius 3 is 2.05 bits per heavy atom. The first-order valence-electron chi connectivity index (χ1n) is 7.20. The van der Waals surface area contributed by atoms with Crippen molar-refractivity contribution < 1.29 is 4.79 Å². The van der Waals surface area contributed by atoms with Crippen molar-refractivity contribution in [1.82, 2.24) is 19.9 Å². The second-order valence-electron chi connectivity index (χ2n) is 4.63. The van der Waals surface area contributed by atoms with Gasteiger partial charge < -0.3 is 20.4 Å². The zero-order valence-corrected chi connectivity index (χ0v) is 13.5. The molecule has 0 fully saturated rings. The number of carbonyl (C=O) groups excluding carboxylic acids is 1. The van der Waals surface area contributed by atoms with E-state index in [1.54, 1.807) is 14.1 Å². The van der Waals surface area contributed by atoms with E-state index < -0.39 is 0 Å². The number of hydrogen-bond donors (Lipinski definition) is 2. The molecule has 1 aromatic heterocycles. The molecule has 8 heteroatoms. The van der Waals surface area contributed by atoms with E-state index in [-0.39, 0.29) is 12.5 Å². The zero-order valence-electron chi connectivity index (χ0n) is 13.5. The highest BCUT2D eigenvalue weighted by Gasteiger charge is 2.12. The van der Waals surface area contributed by atoms with Gasteiger partial charge in [-0.3, -0.25) is 4.79 Å². The molecule has 8 nitrogen and oxygen atoms in total. The number of likely N-dealkylation sites (N-methyl/N-ethyl adjacent to an activating group) is 1. The third-order valence-electron chi connectivity index (χ3n) is 2.90. The quantitative estimate of drug-likeness (QED) is 0.728. The summed E-state index contributed by atoms with van der Waals surface area (Å²) < 4.78 is 0. The number of aromatic nitrogens is 3. The van der Waals surface area contributed by atoms with Crippen molar-refractivity contribution in [1.29, 1.82) is 0 Å². The molecule has 118 valence electrons. The lowest BCUT2D eigenvalue weighted by Gasteiger charge is -2.20. The first-order valence-corrected chi connectivity index (χ1v) is 7.20. The molecule has 0 bridgehead atoms. The standard InChI is InChI=1S/C13H25N7O/c1-6-14-11-16-12(15-9-10(21)19(4)5)18-13(17-11)20(7-2)8-3/h6-9H2,1-5H3,(H2,14,15,16,17,18). The fraction of sp³-hybridized carbons (Fsp3) is 0.692. The number of anilines is 3. The third kappa shape index (κ3) is 5.05. The van der Waals surface area contributed by atoms with Gasteiger partial charge in [-0.1, -0.05) is 0 Å². The number of rotatable bonds is 8. The van der Waals surface area contributed by atoms with Gasteiger partial charge in [0, 0.05) is 33.7 Å². The van der Waals surface area contributed by atoms with Gasteiger partial charge in [0.25, 0.3) is 0 Å². The maximum absolute atomic E-state index is 11.6. The van der Waals surface area contributed by atoms with Gasteiger partial charge in [0.05, 0.1) is 6.54 Å². The molecule has 0 saturated carbocycles. The Balaban J connectivity index is 2.93. The summed E-state index contributed by atoms with van der Waals surface area (Å²) in [7, 11) is 3.42. The van der Waals surface area contributed by atoms with Crippen molar-refractivity contribution in [3.05, 3.63) is 0 Å². The molecule has 0 aromatic carbocycles. The largest absolute Gasteiger partial charge is 0.354 e. The second-order valence-corrected chi connectivity index (χ2v) is 4.63. The van der Waals surface area contributed by atoms with Crippen LogP contribution in [0.2, 0.25) is 0 Å². The fourth-order valence-electron chi connectivity index (χ4n) is 1.64. The molecule has 1 aromatic rings. The normalized spacial score (nSPS) is 10.1. The molecule has 0 aliphatic carbocycles. The van der Waals surface area contributed by atoms with Gasteiger partial charge in [-0.05, 0) is 20.8 Å². The van der Waals surface area contributed by atoms with Crippen molar-refractivity contribution in [2.24, 2.45) is 0 Å². The minimum Gasteiger partial charge on any atom is -0.354 e. The fourth-order valence-corrected chi connectivity index (χ4v) is 1.64. The highest BCUT2D eigenvalue weighted by molar-refractivity contribution is 5.79. The summed E-state index contributed by atoms with van der Waals surface area (Å²) in [6, 6.07) is 0. The van der Waals surface area contributed by atoms with E-state index in [1.807, 2.05) is 25.7 Å². The summed E-state index contributed by atoms with van der Waals surface area (Å²) in [5, 5.41) is 6.03. The lowest BCUT2D eigenvalue weighted by Crippen LogP contribution is -2.30. The predicted molar refractivity (Wildman–Crippen MR) is 84.7 cm³/mol. The van der Waals surface area contributed by atoms with Gasteiger partial charge in [0.2, 0.25) is 23.8 Å². The van der Waals surface area contributed by atoms with E-state index in [4.69, 9.17) is 0 Å². The molecule has 1 rings (SSSR count). The Labute approximate surface area is 126 Å². The van der Waals surface area contributed by atoms with Gasteiger partial charge in [0.1, 0.15) is 0 Å². The Hall–Kier alpha value is -2.12. The van der Waals surface area contributed by atoms with E-state index >= 15 is 0 Å². The van der Waals surface area contributed by atoms with Crippen LogP contribution < -0.4 is 15.5 Å². The number of amides is 1. The molecule has 1 heterocycles. The Bertz CT molecular complexity index is 460. The lowest BCUT2D eigenvalue weighted by atomic mass is 10.5. The van der Waals surface area contributed by atoms with Crippen molar-refractivity contribution in [3.8, 4) is 0 Å². The molecular formula is C13H25N7O. The summed E-state index contributed by atoms with van der Waals surface area (Å²) in [5.41, 5.74) is 0. The average molecular weight is 295 g/mol. The van der Waals surface area contributed by atoms with Gasteiger partial charge in [-0.15, -0.1) is 0 Å². The highest BCUT2D eigenvalue weighted by atomic mass is 16.2. The summed E-state index contributed by atoms with van der Waals surface area (Å²) in [5.74, 6) is 1.47. The average Bonchev–Trinajstić information content (AvgIpc) is 2.46. The summed E-state index contributed by atoms with van der Waals surface area (Å²) in [4.78, 5) is 28.2. The predicted octanol–water partition coefficient (Wildman–Crippen LogP) is 0.650. The molecule has 0 radical (unpaired) electrons. The summed E-state index contributed by atoms with van der Waals surface area (Å²) in [6.45, 7) is 8.55. The van der Waals surface area contributed by atoms with Crippen LogP contribution in [0, 0.1) is 0 Å². The lowest BCUT2D eigenvalue weighted by molar-refractivity contribution is -0.126. The van der Waals surface area contributed by atoms with Crippen molar-refractivity contribution in [3.63, 3.8) is 0 Å². The Kier molecular flexibility index (Phi) is 6.64. The molecular weight excluding hydrogens is 270 g/mol. The molecule has 0 saturated heterocycles. The van der Waals surface area contributed by atoms with Crippen LogP contribution in [0.3, 0.4) is 0 Å². The van der Waals surface area contributed by atoms with Crippen LogP contribution >= 0.6 is 0 Å². The van der Waals surface area contributed by atoms with Crippen LogP contribution in [0.1, 0.15) is 20.8 Å². The molecule has 0 atom stereocenters. The molecule has 0 aliphatic rings. The van der Waals surface area contributed by atoms with Crippen molar-refractivity contribution in [2.45, 2.75) is 20.8 Å². The first kappa shape index (κ1) is 16.9. The summed E-state index contributed by atoms with van der Waals surface area (Å²) >= 11 is 0. The second kappa shape index (κ2) is 8.23. The SMILES string of the molecule is CCNc1nc(NCC(=O)N(C)C)nc(N(CC)CC)n1. The minimum atomic E-state index is -0.0372. The van der Waals surface area contributed by atoms with Crippen LogP contribution in [0.25, 0.3) is 0 Å². The van der Waals surface area contributed by atoms with E-state index in [9.17, 15) is 4.79 Å². The first-order chi connectivity index (χ1) is 10.0. The Morgan fingerprint density at radius 1 is 1.00 bits per heavy atom. The van der Waals surface area contributed by atoms with E-state index in [1.165, 1.54) is 4.90 Å². The summed E-state index contributed by atoms with van der Waals surface area (Å²) in [6.07, 6.45) is 0. The van der Waals surface area contributed by atoms with Gasteiger partial charge in [0.15, 0.2) is 0 Å². The topological polar surface area (TPSA) is 86.3 Å². The maximum atomic E-state index is 11.6. The highest BCUT2D eigenvalue weighted by Crippen LogP contribution is 2.13. The van der Waals surface area contributed by atoms with Crippen LogP contribution in [-0.4, -0.2) is 66.0 Å². The molecule has 0 aliphatic heterocycles. The van der Waals surface area contributed by atoms with Crippen LogP contribution in [0.4, 0.5) is 17.8 Å². The smallest absolute Gasteiger partial charge is 0.241 e. The molecule has 21 heavy (non-hydrogen) atoms. The molecule has 0 spiro atoms. The van der Waals surface area contributed by atoms with Gasteiger partial charge in [-0.2, -0.15) is 15.0 Å². The molecule has 1 amide bonds. The van der Waals surface area contributed by atoms with Crippen molar-refractivity contribution >= 4 is 23.8 Å². The number of carbonyl (C=O) groups is 1. The van der Waals surface area contributed by atoms with Crippen LogP contribution in [0.15, 0.2) is 0 Å². The van der Waals surface area contributed by atoms with Crippen LogP contribution in [0.5, 0.6) is 0 Å². The minimum absolute atomic E-state index is 0.0372. The molecule has 2 N–H and O–H groups in total. The third-order valence-corrected chi connectivity index (χ3v) is 2.90. The number of nitrogens with zero attached hydrogens (tertiary/aromatic N) is 5. The van der Waals surface area contributed by atoms with Gasteiger partial charge in [-0.25, -0.2) is 0 Å². The van der Waals surface area contributed by atoms with Gasteiger partial charge >= 0.3 is 0 Å². The molecule has 0 unspecified atom stereocenters. The number of nitrogens with one attached hydrogen (secondary N) is 2. The zero-order chi connectivity index (χ0) is 15.8. The van der Waals surface area contributed by atoms with E-state index in [0.717, 1.165) is 19.6 Å². The van der Waals surface area contributed by atoms with Crippen molar-refractivity contribution in [2.75, 3.05) is 55.8 Å². The number of hydrogen-bond acceptors (Lipinski definition) is 7. The van der Waals surface area contributed by atoms with E-state index in [0.29, 0.717) is 17.8 Å². The monoisotopic (exact) mass is 295 g/mol. The maximum Gasteiger partial charge on any atom is 0.241 e. The van der Waals surface area contributed by atoms with E-state index in [2.05, 4.69) is 25.6 Å². The van der Waals surface area contributed by atoms with Crippen LogP contribution in [-0.2, 0) is 4.79 Å².